The van der Waals surface area contributed by atoms with E-state index in [0.717, 1.165) is 0 Å². The van der Waals surface area contributed by atoms with Crippen LogP contribution in [0.5, 0.6) is 0 Å². The van der Waals surface area contributed by atoms with Crippen molar-refractivity contribution in [2.45, 2.75) is 46.1 Å². The first kappa shape index (κ1) is 11.8. The van der Waals surface area contributed by atoms with Gasteiger partial charge in [0.2, 0.25) is 0 Å². The average Bonchev–Trinajstić information content (AvgIpc) is 1.99. The first-order valence-corrected chi connectivity index (χ1v) is 5.17. The van der Waals surface area contributed by atoms with Gasteiger partial charge in [0.15, 0.2) is 0 Å². The first-order valence-electron chi connectivity index (χ1n) is 5.17. The molecule has 0 radical (unpaired) electrons. The molecule has 0 unspecified atom stereocenters. The number of anilines is 1. The highest BCUT2D eigenvalue weighted by Gasteiger charge is 2.12. The van der Waals surface area contributed by atoms with Crippen LogP contribution in [0.25, 0.3) is 0 Å². The van der Waals surface area contributed by atoms with Gasteiger partial charge in [-0.3, -0.25) is 4.79 Å². The third kappa shape index (κ3) is 3.73. The van der Waals surface area contributed by atoms with Gasteiger partial charge in [-0.1, -0.05) is 13.8 Å². The zero-order valence-electron chi connectivity index (χ0n) is 10.0. The van der Waals surface area contributed by atoms with E-state index in [1.807, 2.05) is 34.6 Å². The Balaban J connectivity index is 3.05. The molecule has 0 aliphatic carbocycles. The van der Waals surface area contributed by atoms with E-state index >= 15 is 0 Å². The topological polar surface area (TPSA) is 57.8 Å². The lowest BCUT2D eigenvalue weighted by Crippen LogP contribution is -2.28. The molecule has 0 aromatic carbocycles. The van der Waals surface area contributed by atoms with Crippen molar-refractivity contribution in [1.82, 2.24) is 9.97 Å². The van der Waals surface area contributed by atoms with Gasteiger partial charge in [0.05, 0.1) is 0 Å². The second-order valence-electron chi connectivity index (χ2n) is 5.05. The minimum absolute atomic E-state index is 0.0883. The molecule has 0 saturated heterocycles. The molecule has 84 valence electrons. The van der Waals surface area contributed by atoms with Gasteiger partial charge in [-0.05, 0) is 20.8 Å². The Hall–Kier alpha value is -1.32. The molecule has 4 heteroatoms. The van der Waals surface area contributed by atoms with Crippen LogP contribution in [0.3, 0.4) is 0 Å². The van der Waals surface area contributed by atoms with Crippen molar-refractivity contribution in [3.8, 4) is 0 Å². The SMILES string of the molecule is CC(C)c1nc(NC(C)(C)C)cc(=O)[nH]1. The van der Waals surface area contributed by atoms with Gasteiger partial charge < -0.3 is 10.3 Å². The third-order valence-corrected chi connectivity index (χ3v) is 1.81. The molecule has 1 aromatic rings. The Kier molecular flexibility index (Phi) is 3.17. The molecule has 1 aromatic heterocycles. The Bertz CT molecular complexity index is 388. The van der Waals surface area contributed by atoms with E-state index in [4.69, 9.17) is 0 Å². The molecule has 0 aliphatic heterocycles. The van der Waals surface area contributed by atoms with Crippen LogP contribution >= 0.6 is 0 Å². The summed E-state index contributed by atoms with van der Waals surface area (Å²) in [5, 5.41) is 3.19. The smallest absolute Gasteiger partial charge is 0.252 e. The number of aromatic amines is 1. The maximum atomic E-state index is 11.4. The molecule has 15 heavy (non-hydrogen) atoms. The van der Waals surface area contributed by atoms with Crippen LogP contribution in [0.15, 0.2) is 10.9 Å². The predicted molar refractivity (Wildman–Crippen MR) is 62.3 cm³/mol. The fraction of sp³-hybridized carbons (Fsp3) is 0.636. The van der Waals surface area contributed by atoms with Crippen molar-refractivity contribution in [1.29, 1.82) is 0 Å². The van der Waals surface area contributed by atoms with E-state index in [0.29, 0.717) is 11.6 Å². The Morgan fingerprint density at radius 1 is 1.40 bits per heavy atom. The maximum absolute atomic E-state index is 11.4. The molecule has 0 bridgehead atoms. The normalized spacial score (nSPS) is 11.9. The van der Waals surface area contributed by atoms with Gasteiger partial charge in [-0.15, -0.1) is 0 Å². The van der Waals surface area contributed by atoms with Gasteiger partial charge >= 0.3 is 0 Å². The summed E-state index contributed by atoms with van der Waals surface area (Å²) in [6.45, 7) is 10.1. The van der Waals surface area contributed by atoms with Gasteiger partial charge in [-0.25, -0.2) is 4.98 Å². The predicted octanol–water partition coefficient (Wildman–Crippen LogP) is 2.10. The summed E-state index contributed by atoms with van der Waals surface area (Å²) in [6.07, 6.45) is 0. The molecular formula is C11H19N3O. The Morgan fingerprint density at radius 3 is 2.47 bits per heavy atom. The van der Waals surface area contributed by atoms with Crippen molar-refractivity contribution >= 4 is 5.82 Å². The largest absolute Gasteiger partial charge is 0.365 e. The summed E-state index contributed by atoms with van der Waals surface area (Å²) < 4.78 is 0. The lowest BCUT2D eigenvalue weighted by molar-refractivity contribution is 0.627. The molecule has 0 aliphatic rings. The highest BCUT2D eigenvalue weighted by molar-refractivity contribution is 5.35. The number of nitrogens with one attached hydrogen (secondary N) is 2. The fourth-order valence-corrected chi connectivity index (χ4v) is 1.20. The molecule has 2 N–H and O–H groups in total. The fourth-order valence-electron chi connectivity index (χ4n) is 1.20. The van der Waals surface area contributed by atoms with Gasteiger partial charge in [0, 0.05) is 17.5 Å². The van der Waals surface area contributed by atoms with E-state index < -0.39 is 0 Å². The molecular weight excluding hydrogens is 190 g/mol. The quantitative estimate of drug-likeness (QED) is 0.784. The molecule has 4 nitrogen and oxygen atoms in total. The minimum atomic E-state index is -0.111. The first-order chi connectivity index (χ1) is 6.78. The highest BCUT2D eigenvalue weighted by atomic mass is 16.1. The molecule has 0 fully saturated rings. The van der Waals surface area contributed by atoms with Gasteiger partial charge in [-0.2, -0.15) is 0 Å². The van der Waals surface area contributed by atoms with Crippen LogP contribution in [-0.4, -0.2) is 15.5 Å². The minimum Gasteiger partial charge on any atom is -0.365 e. The average molecular weight is 209 g/mol. The number of nitrogens with zero attached hydrogens (tertiary/aromatic N) is 1. The molecule has 1 heterocycles. The van der Waals surface area contributed by atoms with E-state index in [-0.39, 0.29) is 17.0 Å². The summed E-state index contributed by atoms with van der Waals surface area (Å²) in [7, 11) is 0. The van der Waals surface area contributed by atoms with Crippen LogP contribution < -0.4 is 10.9 Å². The molecule has 0 spiro atoms. The summed E-state index contributed by atoms with van der Waals surface area (Å²) in [6, 6.07) is 1.48. The second kappa shape index (κ2) is 4.04. The van der Waals surface area contributed by atoms with E-state index in [2.05, 4.69) is 15.3 Å². The second-order valence-corrected chi connectivity index (χ2v) is 5.05. The van der Waals surface area contributed by atoms with Crippen molar-refractivity contribution < 1.29 is 0 Å². The lowest BCUT2D eigenvalue weighted by Gasteiger charge is -2.21. The van der Waals surface area contributed by atoms with Gasteiger partial charge in [0.1, 0.15) is 11.6 Å². The number of hydrogen-bond donors (Lipinski definition) is 2. The molecule has 0 saturated carbocycles. The van der Waals surface area contributed by atoms with Crippen LogP contribution in [0.1, 0.15) is 46.4 Å². The van der Waals surface area contributed by atoms with Gasteiger partial charge in [0.25, 0.3) is 5.56 Å². The third-order valence-electron chi connectivity index (χ3n) is 1.81. The molecule has 0 amide bonds. The van der Waals surface area contributed by atoms with Crippen LogP contribution in [-0.2, 0) is 0 Å². The Morgan fingerprint density at radius 2 is 2.00 bits per heavy atom. The summed E-state index contributed by atoms with van der Waals surface area (Å²) >= 11 is 0. The lowest BCUT2D eigenvalue weighted by atomic mass is 10.1. The highest BCUT2D eigenvalue weighted by Crippen LogP contribution is 2.13. The maximum Gasteiger partial charge on any atom is 0.252 e. The zero-order chi connectivity index (χ0) is 11.6. The zero-order valence-corrected chi connectivity index (χ0v) is 10.0. The molecule has 1 rings (SSSR count). The van der Waals surface area contributed by atoms with Crippen molar-refractivity contribution in [3.63, 3.8) is 0 Å². The van der Waals surface area contributed by atoms with Crippen LogP contribution in [0.4, 0.5) is 5.82 Å². The number of rotatable bonds is 2. The Labute approximate surface area is 90.1 Å². The summed E-state index contributed by atoms with van der Waals surface area (Å²) in [5.74, 6) is 1.57. The van der Waals surface area contributed by atoms with Crippen molar-refractivity contribution in [2.24, 2.45) is 0 Å². The monoisotopic (exact) mass is 209 g/mol. The van der Waals surface area contributed by atoms with E-state index in [9.17, 15) is 4.79 Å². The number of H-pyrrole nitrogens is 1. The summed E-state index contributed by atoms with van der Waals surface area (Å²) in [4.78, 5) is 18.4. The standard InChI is InChI=1S/C11H19N3O/c1-7(2)10-12-8(6-9(15)13-10)14-11(3,4)5/h6-7H,1-5H3,(H2,12,13,14,15). The van der Waals surface area contributed by atoms with Crippen LogP contribution in [0.2, 0.25) is 0 Å². The number of aromatic nitrogens is 2. The summed E-state index contributed by atoms with van der Waals surface area (Å²) in [5.41, 5.74) is -0.199. The number of hydrogen-bond acceptors (Lipinski definition) is 3. The van der Waals surface area contributed by atoms with Crippen molar-refractivity contribution in [2.75, 3.05) is 5.32 Å². The van der Waals surface area contributed by atoms with Crippen molar-refractivity contribution in [3.05, 3.63) is 22.2 Å². The van der Waals surface area contributed by atoms with E-state index in [1.165, 1.54) is 6.07 Å². The van der Waals surface area contributed by atoms with E-state index in [1.54, 1.807) is 0 Å². The van der Waals surface area contributed by atoms with Crippen LogP contribution in [0, 0.1) is 0 Å². The molecule has 0 atom stereocenters.